The van der Waals surface area contributed by atoms with Gasteiger partial charge in [-0.2, -0.15) is 0 Å². The Morgan fingerprint density at radius 2 is 1.88 bits per heavy atom. The van der Waals surface area contributed by atoms with Crippen LogP contribution in [0.4, 0.5) is 0 Å². The van der Waals surface area contributed by atoms with Gasteiger partial charge >= 0.3 is 0 Å². The first kappa shape index (κ1) is 16.7. The maximum Gasteiger partial charge on any atom is 0.252 e. The number of hydrogen-bond donors (Lipinski definition) is 1. The minimum absolute atomic E-state index is 0.0919. The van der Waals surface area contributed by atoms with Crippen LogP contribution in [0, 0.1) is 0 Å². The molecule has 1 aromatic carbocycles. The van der Waals surface area contributed by atoms with E-state index in [1.165, 1.54) is 29.8 Å². The summed E-state index contributed by atoms with van der Waals surface area (Å²) < 4.78 is 0. The summed E-state index contributed by atoms with van der Waals surface area (Å²) >= 11 is 1.39. The smallest absolute Gasteiger partial charge is 0.252 e. The van der Waals surface area contributed by atoms with E-state index in [0.29, 0.717) is 22.5 Å². The van der Waals surface area contributed by atoms with Crippen molar-refractivity contribution in [1.29, 1.82) is 0 Å². The minimum atomic E-state index is -0.174. The highest BCUT2D eigenvalue weighted by Gasteiger charge is 2.18. The molecule has 1 heterocycles. The predicted molar refractivity (Wildman–Crippen MR) is 97.7 cm³/mol. The third-order valence-electron chi connectivity index (χ3n) is 4.28. The second kappa shape index (κ2) is 8.06. The average Bonchev–Trinajstić information content (AvgIpc) is 3.16. The van der Waals surface area contributed by atoms with Crippen molar-refractivity contribution in [3.63, 3.8) is 0 Å². The first-order valence-electron chi connectivity index (χ1n) is 8.39. The molecule has 4 heteroatoms. The van der Waals surface area contributed by atoms with E-state index in [9.17, 15) is 9.59 Å². The molecule has 124 valence electrons. The molecular weight excluding hydrogens is 318 g/mol. The third kappa shape index (κ3) is 4.01. The van der Waals surface area contributed by atoms with Gasteiger partial charge in [-0.1, -0.05) is 35.9 Å². The van der Waals surface area contributed by atoms with Crippen molar-refractivity contribution in [2.24, 2.45) is 0 Å². The van der Waals surface area contributed by atoms with Crippen molar-refractivity contribution in [3.05, 3.63) is 69.4 Å². The van der Waals surface area contributed by atoms with Gasteiger partial charge in [0, 0.05) is 12.1 Å². The standard InChI is InChI=1S/C20H21NO2S/c22-19(18-11-6-14-24-18)16-9-4-5-10-17(16)20(23)21-13-12-15-7-2-1-3-8-15/h4-7,9-11,14H,1-3,8,12-13H2,(H,21,23). The molecule has 3 nitrogen and oxygen atoms in total. The highest BCUT2D eigenvalue weighted by molar-refractivity contribution is 7.12. The molecule has 24 heavy (non-hydrogen) atoms. The van der Waals surface area contributed by atoms with E-state index >= 15 is 0 Å². The Bertz CT molecular complexity index is 747. The van der Waals surface area contributed by atoms with E-state index in [1.54, 1.807) is 30.3 Å². The molecule has 3 rings (SSSR count). The van der Waals surface area contributed by atoms with Crippen LogP contribution in [0.3, 0.4) is 0 Å². The predicted octanol–water partition coefficient (Wildman–Crippen LogP) is 4.60. The zero-order valence-electron chi connectivity index (χ0n) is 13.6. The number of amides is 1. The number of allylic oxidation sites excluding steroid dienone is 1. The molecule has 1 aromatic heterocycles. The Kier molecular flexibility index (Phi) is 5.59. The number of hydrogen-bond acceptors (Lipinski definition) is 3. The van der Waals surface area contributed by atoms with Gasteiger partial charge in [-0.15, -0.1) is 11.3 Å². The molecule has 0 saturated heterocycles. The molecule has 0 atom stereocenters. The van der Waals surface area contributed by atoms with Crippen LogP contribution in [0.1, 0.15) is 57.7 Å². The zero-order valence-corrected chi connectivity index (χ0v) is 14.4. The van der Waals surface area contributed by atoms with E-state index in [2.05, 4.69) is 11.4 Å². The topological polar surface area (TPSA) is 46.2 Å². The van der Waals surface area contributed by atoms with Crippen LogP contribution in [0.15, 0.2) is 53.4 Å². The number of thiophene rings is 1. The van der Waals surface area contributed by atoms with Crippen molar-refractivity contribution in [2.75, 3.05) is 6.54 Å². The van der Waals surface area contributed by atoms with Gasteiger partial charge in [-0.05, 0) is 49.6 Å². The monoisotopic (exact) mass is 339 g/mol. The number of rotatable bonds is 6. The molecule has 2 aromatic rings. The van der Waals surface area contributed by atoms with Gasteiger partial charge in [0.15, 0.2) is 0 Å². The van der Waals surface area contributed by atoms with Crippen LogP contribution in [-0.4, -0.2) is 18.2 Å². The minimum Gasteiger partial charge on any atom is -0.352 e. The van der Waals surface area contributed by atoms with Crippen LogP contribution in [0.25, 0.3) is 0 Å². The summed E-state index contributed by atoms with van der Waals surface area (Å²) in [6, 6.07) is 10.7. The van der Waals surface area contributed by atoms with Gasteiger partial charge in [0.05, 0.1) is 10.4 Å². The molecule has 0 bridgehead atoms. The quantitative estimate of drug-likeness (QED) is 0.617. The molecule has 0 saturated carbocycles. The number of carbonyl (C=O) groups excluding carboxylic acids is 2. The third-order valence-corrected chi connectivity index (χ3v) is 5.15. The summed E-state index contributed by atoms with van der Waals surface area (Å²) in [5, 5.41) is 4.83. The van der Waals surface area contributed by atoms with Crippen LogP contribution in [0.5, 0.6) is 0 Å². The lowest BCUT2D eigenvalue weighted by atomic mass is 9.97. The molecular formula is C20H21NO2S. The second-order valence-electron chi connectivity index (χ2n) is 5.97. The summed E-state index contributed by atoms with van der Waals surface area (Å²) in [5.41, 5.74) is 2.35. The van der Waals surface area contributed by atoms with Gasteiger partial charge < -0.3 is 5.32 Å². The highest BCUT2D eigenvalue weighted by Crippen LogP contribution is 2.20. The molecule has 0 aliphatic heterocycles. The van der Waals surface area contributed by atoms with Crippen LogP contribution >= 0.6 is 11.3 Å². The van der Waals surface area contributed by atoms with Crippen LogP contribution < -0.4 is 5.32 Å². The molecule has 0 unspecified atom stereocenters. The van der Waals surface area contributed by atoms with E-state index in [1.807, 2.05) is 11.4 Å². The van der Waals surface area contributed by atoms with Crippen molar-refractivity contribution in [3.8, 4) is 0 Å². The fourth-order valence-electron chi connectivity index (χ4n) is 2.98. The highest BCUT2D eigenvalue weighted by atomic mass is 32.1. The Hall–Kier alpha value is -2.20. The second-order valence-corrected chi connectivity index (χ2v) is 6.91. The van der Waals surface area contributed by atoms with Crippen molar-refractivity contribution >= 4 is 23.0 Å². The lowest BCUT2D eigenvalue weighted by Gasteiger charge is -2.13. The van der Waals surface area contributed by atoms with E-state index in [0.717, 1.165) is 19.3 Å². The van der Waals surface area contributed by atoms with Crippen molar-refractivity contribution in [2.45, 2.75) is 32.1 Å². The Balaban J connectivity index is 1.66. The van der Waals surface area contributed by atoms with E-state index in [4.69, 9.17) is 0 Å². The van der Waals surface area contributed by atoms with Crippen LogP contribution in [-0.2, 0) is 0 Å². The van der Waals surface area contributed by atoms with E-state index in [-0.39, 0.29) is 11.7 Å². The molecule has 1 aliphatic carbocycles. The summed E-state index contributed by atoms with van der Waals surface area (Å²) in [4.78, 5) is 25.7. The van der Waals surface area contributed by atoms with Gasteiger partial charge in [0.1, 0.15) is 0 Å². The SMILES string of the molecule is O=C(NCCC1=CCCCC1)c1ccccc1C(=O)c1cccs1. The van der Waals surface area contributed by atoms with Gasteiger partial charge in [0.25, 0.3) is 5.91 Å². The van der Waals surface area contributed by atoms with Gasteiger partial charge in [-0.3, -0.25) is 9.59 Å². The first-order chi connectivity index (χ1) is 11.8. The molecule has 0 radical (unpaired) electrons. The Morgan fingerprint density at radius 3 is 2.58 bits per heavy atom. The lowest BCUT2D eigenvalue weighted by molar-refractivity contribution is 0.0943. The molecule has 1 aliphatic rings. The van der Waals surface area contributed by atoms with Crippen molar-refractivity contribution in [1.82, 2.24) is 5.32 Å². The van der Waals surface area contributed by atoms with Gasteiger partial charge in [-0.25, -0.2) is 0 Å². The average molecular weight is 339 g/mol. The summed E-state index contributed by atoms with van der Waals surface area (Å²) in [5.74, 6) is -0.266. The number of ketones is 1. The maximum absolute atomic E-state index is 12.6. The summed E-state index contributed by atoms with van der Waals surface area (Å²) in [6.07, 6.45) is 8.01. The maximum atomic E-state index is 12.6. The fraction of sp³-hybridized carbons (Fsp3) is 0.300. The van der Waals surface area contributed by atoms with Gasteiger partial charge in [0.2, 0.25) is 5.78 Å². The molecule has 1 N–H and O–H groups in total. The fourth-order valence-corrected chi connectivity index (χ4v) is 3.66. The van der Waals surface area contributed by atoms with Crippen LogP contribution in [0.2, 0.25) is 0 Å². The first-order valence-corrected chi connectivity index (χ1v) is 9.27. The Morgan fingerprint density at radius 1 is 1.04 bits per heavy atom. The number of benzene rings is 1. The Labute approximate surface area is 146 Å². The summed E-state index contributed by atoms with van der Waals surface area (Å²) in [7, 11) is 0. The molecule has 1 amide bonds. The summed E-state index contributed by atoms with van der Waals surface area (Å²) in [6.45, 7) is 0.617. The zero-order chi connectivity index (χ0) is 16.8. The normalized spacial score (nSPS) is 14.1. The molecule has 0 spiro atoms. The number of nitrogens with one attached hydrogen (secondary N) is 1. The van der Waals surface area contributed by atoms with Crippen molar-refractivity contribution < 1.29 is 9.59 Å². The molecule has 0 fully saturated rings. The lowest BCUT2D eigenvalue weighted by Crippen LogP contribution is -2.26. The largest absolute Gasteiger partial charge is 0.352 e. The number of carbonyl (C=O) groups is 2. The van der Waals surface area contributed by atoms with E-state index < -0.39 is 0 Å².